The second-order valence-electron chi connectivity index (χ2n) is 7.42. The number of carbonyl (C=O) groups is 1. The summed E-state index contributed by atoms with van der Waals surface area (Å²) in [5.74, 6) is -13.7. The van der Waals surface area contributed by atoms with Crippen LogP contribution in [-0.4, -0.2) is 17.9 Å². The first kappa shape index (κ1) is 22.0. The molecule has 32 heavy (non-hydrogen) atoms. The lowest BCUT2D eigenvalue weighted by molar-refractivity contribution is 0.102. The first-order chi connectivity index (χ1) is 15.1. The van der Waals surface area contributed by atoms with Crippen molar-refractivity contribution in [3.05, 3.63) is 69.5 Å². The summed E-state index contributed by atoms with van der Waals surface area (Å²) in [4.78, 5) is 16.8. The van der Waals surface area contributed by atoms with E-state index in [1.807, 2.05) is 0 Å². The van der Waals surface area contributed by atoms with Crippen LogP contribution in [0.3, 0.4) is 0 Å². The number of fused-ring (bicyclic) bond motifs is 1. The van der Waals surface area contributed by atoms with Crippen LogP contribution in [-0.2, 0) is 0 Å². The fraction of sp³-hybridized carbons (Fsp3) is 0.273. The summed E-state index contributed by atoms with van der Waals surface area (Å²) in [6, 6.07) is 3.53. The Morgan fingerprint density at radius 2 is 1.56 bits per heavy atom. The predicted molar refractivity (Wildman–Crippen MR) is 99.5 cm³/mol. The average Bonchev–Trinajstić information content (AvgIpc) is 2.73. The number of ketones is 1. The van der Waals surface area contributed by atoms with Crippen LogP contribution < -0.4 is 4.74 Å². The normalized spacial score (nSPS) is 14.2. The van der Waals surface area contributed by atoms with Crippen LogP contribution >= 0.6 is 0 Å². The third kappa shape index (κ3) is 3.37. The Labute approximate surface area is 176 Å². The summed E-state index contributed by atoms with van der Waals surface area (Å²) < 4.78 is 101. The molecular weight excluding hydrogens is 443 g/mol. The summed E-state index contributed by atoms with van der Waals surface area (Å²) in [5, 5.41) is 0.0244. The second kappa shape index (κ2) is 8.07. The second-order valence-corrected chi connectivity index (χ2v) is 7.42. The van der Waals surface area contributed by atoms with Crippen molar-refractivity contribution in [3.63, 3.8) is 0 Å². The molecule has 0 saturated heterocycles. The number of methoxy groups -OCH3 is 1. The van der Waals surface area contributed by atoms with Crippen LogP contribution in [0.5, 0.6) is 5.88 Å². The monoisotopic (exact) mass is 457 g/mol. The van der Waals surface area contributed by atoms with Gasteiger partial charge in [-0.3, -0.25) is 4.79 Å². The van der Waals surface area contributed by atoms with Gasteiger partial charge >= 0.3 is 0 Å². The summed E-state index contributed by atoms with van der Waals surface area (Å²) in [6.07, 6.45) is -0.456. The zero-order valence-corrected chi connectivity index (χ0v) is 16.4. The summed E-state index contributed by atoms with van der Waals surface area (Å²) in [5.41, 5.74) is -2.01. The van der Waals surface area contributed by atoms with E-state index in [1.165, 1.54) is 6.07 Å². The fourth-order valence-corrected chi connectivity index (χ4v) is 3.76. The van der Waals surface area contributed by atoms with Crippen LogP contribution in [0.4, 0.5) is 30.7 Å². The Hall–Kier alpha value is -3.17. The summed E-state index contributed by atoms with van der Waals surface area (Å²) in [6.45, 7) is 0. The molecule has 2 aromatic carbocycles. The van der Waals surface area contributed by atoms with Crippen LogP contribution in [0.1, 0.15) is 58.7 Å². The van der Waals surface area contributed by atoms with Crippen molar-refractivity contribution in [2.75, 3.05) is 7.11 Å². The number of rotatable bonds is 5. The minimum Gasteiger partial charge on any atom is -0.480 e. The number of ether oxygens (including phenoxy) is 1. The first-order valence-electron chi connectivity index (χ1n) is 9.52. The Kier molecular flexibility index (Phi) is 5.56. The van der Waals surface area contributed by atoms with Gasteiger partial charge in [0.2, 0.25) is 17.5 Å². The molecule has 168 valence electrons. The highest BCUT2D eigenvalue weighted by atomic mass is 19.3. The molecule has 1 aliphatic carbocycles. The lowest BCUT2D eigenvalue weighted by Crippen LogP contribution is -2.15. The van der Waals surface area contributed by atoms with Crippen LogP contribution in [0.2, 0.25) is 0 Å². The van der Waals surface area contributed by atoms with Crippen molar-refractivity contribution in [2.45, 2.75) is 31.6 Å². The van der Waals surface area contributed by atoms with Crippen molar-refractivity contribution < 1.29 is 40.3 Å². The lowest BCUT2D eigenvalue weighted by Gasteiger charge is -2.28. The van der Waals surface area contributed by atoms with E-state index >= 15 is 0 Å². The SMILES string of the molecule is COc1nc2cc(C3CCC3)c(C(F)F)cc2cc1C(=O)c1c(F)c(F)c(F)c(F)c1F. The Morgan fingerprint density at radius 1 is 0.969 bits per heavy atom. The predicted octanol–water partition coefficient (Wildman–Crippen LogP) is 6.38. The van der Waals surface area contributed by atoms with E-state index in [2.05, 4.69) is 4.98 Å². The molecule has 0 N–H and O–H groups in total. The standard InChI is InChI=1S/C22H14F7NO2/c1-32-22-12(20(31)14-15(23)17(25)19(27)18(26)16(14)24)6-9-5-11(21(28)29)10(7-13(9)30-22)8-3-2-4-8/h5-8,21H,2-4H2,1H3. The van der Waals surface area contributed by atoms with Gasteiger partial charge < -0.3 is 4.74 Å². The molecule has 0 amide bonds. The van der Waals surface area contributed by atoms with E-state index in [0.29, 0.717) is 5.56 Å². The average molecular weight is 457 g/mol. The van der Waals surface area contributed by atoms with Gasteiger partial charge in [0, 0.05) is 10.9 Å². The molecule has 10 heteroatoms. The Morgan fingerprint density at radius 3 is 2.06 bits per heavy atom. The van der Waals surface area contributed by atoms with E-state index < -0.39 is 58.3 Å². The molecule has 4 rings (SSSR count). The van der Waals surface area contributed by atoms with E-state index in [1.54, 1.807) is 0 Å². The van der Waals surface area contributed by atoms with E-state index in [9.17, 15) is 35.5 Å². The molecule has 3 nitrogen and oxygen atoms in total. The molecule has 3 aromatic rings. The largest absolute Gasteiger partial charge is 0.480 e. The minimum atomic E-state index is -2.83. The number of aromatic nitrogens is 1. The van der Waals surface area contributed by atoms with Gasteiger partial charge in [0.05, 0.1) is 18.2 Å². The molecule has 1 aromatic heterocycles. The van der Waals surface area contributed by atoms with Gasteiger partial charge in [-0.05, 0) is 42.5 Å². The zero-order chi connectivity index (χ0) is 23.3. The molecule has 1 fully saturated rings. The van der Waals surface area contributed by atoms with Gasteiger partial charge in [-0.2, -0.15) is 0 Å². The number of alkyl halides is 2. The summed E-state index contributed by atoms with van der Waals surface area (Å²) in [7, 11) is 1.09. The molecule has 0 aliphatic heterocycles. The Balaban J connectivity index is 1.93. The van der Waals surface area contributed by atoms with E-state index in [-0.39, 0.29) is 22.4 Å². The molecule has 0 spiro atoms. The quantitative estimate of drug-likeness (QED) is 0.193. The zero-order valence-electron chi connectivity index (χ0n) is 16.4. The van der Waals surface area contributed by atoms with E-state index in [0.717, 1.165) is 38.5 Å². The van der Waals surface area contributed by atoms with Gasteiger partial charge in [0.25, 0.3) is 6.43 Å². The molecule has 1 saturated carbocycles. The van der Waals surface area contributed by atoms with Gasteiger partial charge in [-0.1, -0.05) is 6.42 Å². The maximum Gasteiger partial charge on any atom is 0.264 e. The van der Waals surface area contributed by atoms with Crippen LogP contribution in [0, 0.1) is 29.1 Å². The smallest absolute Gasteiger partial charge is 0.264 e. The molecular formula is C22H14F7NO2. The third-order valence-corrected chi connectivity index (χ3v) is 5.64. The molecule has 0 radical (unpaired) electrons. The topological polar surface area (TPSA) is 39.2 Å². The van der Waals surface area contributed by atoms with E-state index in [4.69, 9.17) is 4.74 Å². The maximum atomic E-state index is 14.1. The number of hydrogen-bond acceptors (Lipinski definition) is 3. The highest BCUT2D eigenvalue weighted by Crippen LogP contribution is 2.42. The molecule has 0 atom stereocenters. The number of hydrogen-bond donors (Lipinski definition) is 0. The number of benzene rings is 2. The highest BCUT2D eigenvalue weighted by Gasteiger charge is 2.32. The lowest BCUT2D eigenvalue weighted by atomic mass is 9.78. The first-order valence-corrected chi connectivity index (χ1v) is 9.52. The van der Waals surface area contributed by atoms with Crippen molar-refractivity contribution in [3.8, 4) is 5.88 Å². The van der Waals surface area contributed by atoms with Crippen molar-refractivity contribution in [2.24, 2.45) is 0 Å². The van der Waals surface area contributed by atoms with Crippen molar-refractivity contribution in [1.82, 2.24) is 4.98 Å². The molecule has 0 unspecified atom stereocenters. The van der Waals surface area contributed by atoms with Crippen molar-refractivity contribution >= 4 is 16.7 Å². The molecule has 1 heterocycles. The number of halogens is 7. The molecule has 1 aliphatic rings. The third-order valence-electron chi connectivity index (χ3n) is 5.64. The van der Waals surface area contributed by atoms with Gasteiger partial charge in [0.15, 0.2) is 23.3 Å². The Bertz CT molecular complexity index is 1230. The van der Waals surface area contributed by atoms with Crippen LogP contribution in [0.25, 0.3) is 10.9 Å². The van der Waals surface area contributed by atoms with Gasteiger partial charge in [-0.15, -0.1) is 0 Å². The summed E-state index contributed by atoms with van der Waals surface area (Å²) >= 11 is 0. The molecule has 0 bridgehead atoms. The minimum absolute atomic E-state index is 0.0244. The van der Waals surface area contributed by atoms with Gasteiger partial charge in [0.1, 0.15) is 5.56 Å². The highest BCUT2D eigenvalue weighted by molar-refractivity contribution is 6.12. The van der Waals surface area contributed by atoms with Crippen LogP contribution in [0.15, 0.2) is 18.2 Å². The number of pyridine rings is 1. The fourth-order valence-electron chi connectivity index (χ4n) is 3.76. The van der Waals surface area contributed by atoms with Gasteiger partial charge in [-0.25, -0.2) is 35.7 Å². The maximum absolute atomic E-state index is 14.1. The van der Waals surface area contributed by atoms with Crippen molar-refractivity contribution in [1.29, 1.82) is 0 Å². The number of nitrogens with zero attached hydrogens (tertiary/aromatic N) is 1. The number of carbonyl (C=O) groups excluding carboxylic acids is 1.